The number of anilines is 1. The smallest absolute Gasteiger partial charge is 0.319 e. The zero-order chi connectivity index (χ0) is 13.0. The van der Waals surface area contributed by atoms with E-state index in [1.165, 1.54) is 19.3 Å². The maximum atomic E-state index is 11.9. The quantitative estimate of drug-likeness (QED) is 0.846. The average molecular weight is 311 g/mol. The minimum atomic E-state index is -0.105. The van der Waals surface area contributed by atoms with Crippen molar-refractivity contribution < 1.29 is 4.79 Å². The summed E-state index contributed by atoms with van der Waals surface area (Å²) in [6, 6.07) is 7.83. The largest absolute Gasteiger partial charge is 0.335 e. The third-order valence-corrected chi connectivity index (χ3v) is 4.00. The van der Waals surface area contributed by atoms with Gasteiger partial charge < -0.3 is 10.6 Å². The molecule has 2 unspecified atom stereocenters. The van der Waals surface area contributed by atoms with E-state index in [-0.39, 0.29) is 6.03 Å². The lowest BCUT2D eigenvalue weighted by Gasteiger charge is -2.29. The lowest BCUT2D eigenvalue weighted by atomic mass is 9.86. The molecular formula is C14H19BrN2O. The van der Waals surface area contributed by atoms with Gasteiger partial charge in [0.2, 0.25) is 0 Å². The summed E-state index contributed by atoms with van der Waals surface area (Å²) < 4.78 is 0.964. The van der Waals surface area contributed by atoms with Crippen LogP contribution in [0.4, 0.5) is 10.5 Å². The molecule has 1 fully saturated rings. The third kappa shape index (κ3) is 3.73. The number of benzene rings is 1. The van der Waals surface area contributed by atoms with Gasteiger partial charge in [0.25, 0.3) is 0 Å². The molecule has 0 bridgehead atoms. The van der Waals surface area contributed by atoms with Gasteiger partial charge in [-0.2, -0.15) is 0 Å². The fourth-order valence-corrected chi connectivity index (χ4v) is 2.83. The Bertz CT molecular complexity index is 422. The van der Waals surface area contributed by atoms with Crippen molar-refractivity contribution in [1.29, 1.82) is 0 Å². The standard InChI is InChI=1S/C14H19BrN2O/c1-10-5-2-3-8-13(10)17-14(18)16-12-7-4-6-11(15)9-12/h4,6-7,9-10,13H,2-3,5,8H2,1H3,(H2,16,17,18). The van der Waals surface area contributed by atoms with Crippen LogP contribution in [0.15, 0.2) is 28.7 Å². The number of urea groups is 1. The van der Waals surface area contributed by atoms with Gasteiger partial charge in [0, 0.05) is 16.2 Å². The highest BCUT2D eigenvalue weighted by Crippen LogP contribution is 2.23. The van der Waals surface area contributed by atoms with Gasteiger partial charge in [-0.05, 0) is 37.0 Å². The number of carbonyl (C=O) groups excluding carboxylic acids is 1. The highest BCUT2D eigenvalue weighted by Gasteiger charge is 2.22. The zero-order valence-electron chi connectivity index (χ0n) is 10.6. The van der Waals surface area contributed by atoms with Crippen LogP contribution in [-0.4, -0.2) is 12.1 Å². The van der Waals surface area contributed by atoms with Crippen molar-refractivity contribution in [2.75, 3.05) is 5.32 Å². The van der Waals surface area contributed by atoms with Crippen molar-refractivity contribution >= 4 is 27.6 Å². The van der Waals surface area contributed by atoms with Crippen molar-refractivity contribution in [3.8, 4) is 0 Å². The van der Waals surface area contributed by atoms with E-state index in [0.29, 0.717) is 12.0 Å². The number of halogens is 1. The normalized spacial score (nSPS) is 23.4. The lowest BCUT2D eigenvalue weighted by Crippen LogP contribution is -2.43. The first-order chi connectivity index (χ1) is 8.65. The monoisotopic (exact) mass is 310 g/mol. The second kappa shape index (κ2) is 6.23. The number of hydrogen-bond acceptors (Lipinski definition) is 1. The number of amides is 2. The molecule has 3 nitrogen and oxygen atoms in total. The van der Waals surface area contributed by atoms with Gasteiger partial charge in [-0.3, -0.25) is 0 Å². The molecule has 2 N–H and O–H groups in total. The molecule has 0 spiro atoms. The third-order valence-electron chi connectivity index (χ3n) is 3.51. The molecule has 1 aromatic carbocycles. The predicted octanol–water partition coefficient (Wildman–Crippen LogP) is 4.15. The van der Waals surface area contributed by atoms with Crippen LogP contribution < -0.4 is 10.6 Å². The maximum absolute atomic E-state index is 11.9. The fourth-order valence-electron chi connectivity index (χ4n) is 2.43. The molecule has 0 heterocycles. The molecule has 0 saturated heterocycles. The van der Waals surface area contributed by atoms with Crippen molar-refractivity contribution in [3.05, 3.63) is 28.7 Å². The summed E-state index contributed by atoms with van der Waals surface area (Å²) in [4.78, 5) is 11.9. The summed E-state index contributed by atoms with van der Waals surface area (Å²) in [5, 5.41) is 5.94. The van der Waals surface area contributed by atoms with E-state index in [2.05, 4.69) is 33.5 Å². The number of nitrogens with one attached hydrogen (secondary N) is 2. The zero-order valence-corrected chi connectivity index (χ0v) is 12.2. The Balaban J connectivity index is 1.88. The molecule has 1 saturated carbocycles. The van der Waals surface area contributed by atoms with Gasteiger partial charge in [-0.1, -0.05) is 41.8 Å². The minimum absolute atomic E-state index is 0.105. The molecule has 0 radical (unpaired) electrons. The SMILES string of the molecule is CC1CCCCC1NC(=O)Nc1cccc(Br)c1. The molecule has 0 aromatic heterocycles. The second-order valence-corrected chi connectivity index (χ2v) is 5.89. The van der Waals surface area contributed by atoms with Crippen LogP contribution in [0.1, 0.15) is 32.6 Å². The Morgan fingerprint density at radius 1 is 1.33 bits per heavy atom. The van der Waals surface area contributed by atoms with Crippen LogP contribution >= 0.6 is 15.9 Å². The van der Waals surface area contributed by atoms with E-state index < -0.39 is 0 Å². The van der Waals surface area contributed by atoms with Gasteiger partial charge in [0.05, 0.1) is 0 Å². The van der Waals surface area contributed by atoms with Gasteiger partial charge in [0.1, 0.15) is 0 Å². The molecule has 18 heavy (non-hydrogen) atoms. The predicted molar refractivity (Wildman–Crippen MR) is 77.7 cm³/mol. The number of hydrogen-bond donors (Lipinski definition) is 2. The van der Waals surface area contributed by atoms with Crippen molar-refractivity contribution in [2.45, 2.75) is 38.6 Å². The maximum Gasteiger partial charge on any atom is 0.319 e. The van der Waals surface area contributed by atoms with Gasteiger partial charge in [-0.25, -0.2) is 4.79 Å². The van der Waals surface area contributed by atoms with Crippen LogP contribution in [0.3, 0.4) is 0 Å². The average Bonchev–Trinajstić information content (AvgIpc) is 2.32. The summed E-state index contributed by atoms with van der Waals surface area (Å²) in [6.45, 7) is 2.21. The highest BCUT2D eigenvalue weighted by atomic mass is 79.9. The molecule has 2 rings (SSSR count). The van der Waals surface area contributed by atoms with E-state index in [1.54, 1.807) is 0 Å². The molecule has 98 valence electrons. The summed E-state index contributed by atoms with van der Waals surface area (Å²) in [5.41, 5.74) is 0.810. The highest BCUT2D eigenvalue weighted by molar-refractivity contribution is 9.10. The second-order valence-electron chi connectivity index (χ2n) is 4.98. The van der Waals surface area contributed by atoms with E-state index >= 15 is 0 Å². The topological polar surface area (TPSA) is 41.1 Å². The molecule has 4 heteroatoms. The molecule has 2 amide bonds. The Kier molecular flexibility index (Phi) is 4.64. The Hall–Kier alpha value is -1.03. The Morgan fingerprint density at radius 3 is 2.83 bits per heavy atom. The van der Waals surface area contributed by atoms with E-state index in [0.717, 1.165) is 16.6 Å². The fraction of sp³-hybridized carbons (Fsp3) is 0.500. The van der Waals surface area contributed by atoms with E-state index in [9.17, 15) is 4.79 Å². The summed E-state index contributed by atoms with van der Waals surface area (Å²) in [7, 11) is 0. The molecule has 1 aliphatic rings. The first-order valence-corrected chi connectivity index (χ1v) is 7.27. The van der Waals surface area contributed by atoms with Crippen molar-refractivity contribution in [2.24, 2.45) is 5.92 Å². The number of rotatable bonds is 2. The van der Waals surface area contributed by atoms with Crippen LogP contribution in [0.5, 0.6) is 0 Å². The van der Waals surface area contributed by atoms with Crippen molar-refractivity contribution in [1.82, 2.24) is 5.32 Å². The lowest BCUT2D eigenvalue weighted by molar-refractivity contribution is 0.232. The van der Waals surface area contributed by atoms with Crippen LogP contribution in [0.25, 0.3) is 0 Å². The minimum Gasteiger partial charge on any atom is -0.335 e. The number of carbonyl (C=O) groups is 1. The molecule has 0 aliphatic heterocycles. The summed E-state index contributed by atoms with van der Waals surface area (Å²) >= 11 is 3.39. The first-order valence-electron chi connectivity index (χ1n) is 6.48. The summed E-state index contributed by atoms with van der Waals surface area (Å²) in [6.07, 6.45) is 4.80. The van der Waals surface area contributed by atoms with Gasteiger partial charge in [0.15, 0.2) is 0 Å². The Labute approximate surface area is 116 Å². The summed E-state index contributed by atoms with van der Waals surface area (Å²) in [5.74, 6) is 0.576. The van der Waals surface area contributed by atoms with Crippen molar-refractivity contribution in [3.63, 3.8) is 0 Å². The van der Waals surface area contributed by atoms with Crippen LogP contribution in [-0.2, 0) is 0 Å². The van der Waals surface area contributed by atoms with Gasteiger partial charge >= 0.3 is 6.03 Å². The molecular weight excluding hydrogens is 292 g/mol. The van der Waals surface area contributed by atoms with E-state index in [4.69, 9.17) is 0 Å². The van der Waals surface area contributed by atoms with Crippen LogP contribution in [0, 0.1) is 5.92 Å². The molecule has 2 atom stereocenters. The van der Waals surface area contributed by atoms with E-state index in [1.807, 2.05) is 24.3 Å². The van der Waals surface area contributed by atoms with Gasteiger partial charge in [-0.15, -0.1) is 0 Å². The molecule has 1 aliphatic carbocycles. The van der Waals surface area contributed by atoms with Crippen LogP contribution in [0.2, 0.25) is 0 Å². The molecule has 1 aromatic rings. The Morgan fingerprint density at radius 2 is 2.11 bits per heavy atom. The first kappa shape index (κ1) is 13.4.